The molecule has 1 spiro atoms. The first-order valence-corrected chi connectivity index (χ1v) is 9.06. The minimum absolute atomic E-state index is 0.175. The summed E-state index contributed by atoms with van der Waals surface area (Å²) < 4.78 is 11.8. The van der Waals surface area contributed by atoms with Crippen LogP contribution in [0.2, 0.25) is 0 Å². The van der Waals surface area contributed by atoms with Gasteiger partial charge in [0.05, 0.1) is 12.5 Å². The Bertz CT molecular complexity index is 942. The molecule has 0 fully saturated rings. The van der Waals surface area contributed by atoms with Crippen molar-refractivity contribution in [3.8, 4) is 11.5 Å². The van der Waals surface area contributed by atoms with Gasteiger partial charge in [0.2, 0.25) is 0 Å². The van der Waals surface area contributed by atoms with Crippen molar-refractivity contribution in [2.45, 2.75) is 18.4 Å². The van der Waals surface area contributed by atoms with E-state index in [1.807, 2.05) is 6.07 Å². The van der Waals surface area contributed by atoms with Crippen molar-refractivity contribution in [1.82, 2.24) is 4.90 Å². The van der Waals surface area contributed by atoms with Crippen molar-refractivity contribution < 1.29 is 9.47 Å². The van der Waals surface area contributed by atoms with Crippen LogP contribution < -0.4 is 9.47 Å². The van der Waals surface area contributed by atoms with Gasteiger partial charge in [-0.15, -0.1) is 0 Å². The van der Waals surface area contributed by atoms with E-state index >= 15 is 0 Å². The molecule has 2 aromatic carbocycles. The fraction of sp³-hybridized carbons (Fsp3) is 0.217. The summed E-state index contributed by atoms with van der Waals surface area (Å²) in [6.45, 7) is 1.92. The van der Waals surface area contributed by atoms with Crippen LogP contribution in [0, 0.1) is 0 Å². The number of nitrogens with zero attached hydrogens (tertiary/aromatic N) is 1. The molecule has 0 radical (unpaired) electrons. The molecule has 2 heterocycles. The van der Waals surface area contributed by atoms with Crippen LogP contribution in [0.3, 0.4) is 0 Å². The van der Waals surface area contributed by atoms with E-state index in [1.165, 1.54) is 16.7 Å². The molecule has 3 aliphatic rings. The second-order valence-electron chi connectivity index (χ2n) is 7.02. The number of hydrogen-bond acceptors (Lipinski definition) is 3. The third-order valence-corrected chi connectivity index (χ3v) is 5.63. The predicted octanol–water partition coefficient (Wildman–Crippen LogP) is 4.57. The maximum atomic E-state index is 6.27. The van der Waals surface area contributed by atoms with E-state index in [9.17, 15) is 0 Å². The Hall–Kier alpha value is -2.94. The minimum atomic E-state index is -0.175. The Morgan fingerprint density at radius 1 is 1.12 bits per heavy atom. The molecule has 26 heavy (non-hydrogen) atoms. The average Bonchev–Trinajstić information content (AvgIpc) is 3.02. The summed E-state index contributed by atoms with van der Waals surface area (Å²) in [7, 11) is 1.70. The van der Waals surface area contributed by atoms with Gasteiger partial charge in [-0.2, -0.15) is 0 Å². The molecule has 2 aliphatic heterocycles. The molecule has 2 aromatic rings. The SMILES string of the molecule is COc1cccc2c1OC1=CC=CC3=CN(Cc4ccccc4)CCC312. The van der Waals surface area contributed by atoms with Crippen molar-refractivity contribution in [3.05, 3.63) is 95.4 Å². The zero-order valence-corrected chi connectivity index (χ0v) is 14.8. The Kier molecular flexibility index (Phi) is 3.42. The van der Waals surface area contributed by atoms with Crippen LogP contribution in [0.5, 0.6) is 11.5 Å². The number of benzene rings is 2. The second-order valence-corrected chi connectivity index (χ2v) is 7.02. The first-order chi connectivity index (χ1) is 12.8. The van der Waals surface area contributed by atoms with E-state index in [4.69, 9.17) is 9.47 Å². The van der Waals surface area contributed by atoms with Crippen LogP contribution >= 0.6 is 0 Å². The monoisotopic (exact) mass is 343 g/mol. The molecule has 1 unspecified atom stereocenters. The number of rotatable bonds is 3. The van der Waals surface area contributed by atoms with Crippen LogP contribution in [0.4, 0.5) is 0 Å². The van der Waals surface area contributed by atoms with E-state index in [1.54, 1.807) is 7.11 Å². The molecule has 3 nitrogen and oxygen atoms in total. The lowest BCUT2D eigenvalue weighted by atomic mass is 9.68. The maximum Gasteiger partial charge on any atom is 0.173 e. The van der Waals surface area contributed by atoms with Gasteiger partial charge in [0.15, 0.2) is 11.5 Å². The van der Waals surface area contributed by atoms with Crippen molar-refractivity contribution >= 4 is 0 Å². The highest BCUT2D eigenvalue weighted by Crippen LogP contribution is 2.57. The predicted molar refractivity (Wildman–Crippen MR) is 102 cm³/mol. The summed E-state index contributed by atoms with van der Waals surface area (Å²) in [5.41, 5.74) is 3.68. The van der Waals surface area contributed by atoms with Gasteiger partial charge in [-0.3, -0.25) is 0 Å². The number of fused-ring (bicyclic) bond motifs is 1. The van der Waals surface area contributed by atoms with Crippen LogP contribution in [-0.4, -0.2) is 18.6 Å². The molecule has 0 aromatic heterocycles. The first kappa shape index (κ1) is 15.3. The maximum absolute atomic E-state index is 6.27. The lowest BCUT2D eigenvalue weighted by Gasteiger charge is -2.40. The summed E-state index contributed by atoms with van der Waals surface area (Å²) in [5.74, 6) is 2.69. The zero-order valence-electron chi connectivity index (χ0n) is 14.8. The molecule has 130 valence electrons. The van der Waals surface area contributed by atoms with Crippen molar-refractivity contribution in [1.29, 1.82) is 0 Å². The van der Waals surface area contributed by atoms with E-state index < -0.39 is 0 Å². The van der Waals surface area contributed by atoms with Gasteiger partial charge >= 0.3 is 0 Å². The van der Waals surface area contributed by atoms with E-state index in [0.29, 0.717) is 0 Å². The fourth-order valence-corrected chi connectivity index (χ4v) is 4.37. The highest BCUT2D eigenvalue weighted by Gasteiger charge is 2.50. The second kappa shape index (κ2) is 5.80. The van der Waals surface area contributed by atoms with Gasteiger partial charge in [0, 0.05) is 24.9 Å². The zero-order chi connectivity index (χ0) is 17.6. The normalized spacial score (nSPS) is 22.6. The van der Waals surface area contributed by atoms with Gasteiger partial charge in [-0.1, -0.05) is 54.6 Å². The molecule has 1 aliphatic carbocycles. The van der Waals surface area contributed by atoms with Crippen molar-refractivity contribution in [2.24, 2.45) is 0 Å². The minimum Gasteiger partial charge on any atom is -0.493 e. The third-order valence-electron chi connectivity index (χ3n) is 5.63. The van der Waals surface area contributed by atoms with Crippen molar-refractivity contribution in [2.75, 3.05) is 13.7 Å². The number of hydrogen-bond donors (Lipinski definition) is 0. The summed E-state index contributed by atoms with van der Waals surface area (Å²) in [4.78, 5) is 2.40. The molecule has 3 heteroatoms. The number of ether oxygens (including phenoxy) is 2. The Morgan fingerprint density at radius 2 is 2.00 bits per heavy atom. The Balaban J connectivity index is 1.56. The van der Waals surface area contributed by atoms with Crippen LogP contribution in [-0.2, 0) is 12.0 Å². The largest absolute Gasteiger partial charge is 0.493 e. The molecule has 1 atom stereocenters. The molecule has 0 saturated heterocycles. The van der Waals surface area contributed by atoms with Gasteiger partial charge in [0.1, 0.15) is 5.76 Å². The van der Waals surface area contributed by atoms with Crippen LogP contribution in [0.25, 0.3) is 0 Å². The number of methoxy groups -OCH3 is 1. The summed E-state index contributed by atoms with van der Waals surface area (Å²) in [6.07, 6.45) is 9.71. The molecule has 0 amide bonds. The summed E-state index contributed by atoms with van der Waals surface area (Å²) in [5, 5.41) is 0. The molecular formula is C23H21NO2. The lowest BCUT2D eigenvalue weighted by Crippen LogP contribution is -2.39. The standard InChI is InChI=1S/C23H21NO2/c1-25-20-11-6-10-19-22(20)26-21-12-5-9-18-16-24(14-13-23(18,19)21)15-17-7-3-2-4-8-17/h2-12,16H,13-15H2,1H3. The van der Waals surface area contributed by atoms with Gasteiger partial charge in [0.25, 0.3) is 0 Å². The quantitative estimate of drug-likeness (QED) is 0.815. The van der Waals surface area contributed by atoms with E-state index in [0.717, 1.165) is 36.8 Å². The Labute approximate surface area is 153 Å². The first-order valence-electron chi connectivity index (χ1n) is 9.06. The molecule has 0 saturated carbocycles. The van der Waals surface area contributed by atoms with Crippen molar-refractivity contribution in [3.63, 3.8) is 0 Å². The van der Waals surface area contributed by atoms with Crippen LogP contribution in [0.1, 0.15) is 17.5 Å². The molecule has 0 bridgehead atoms. The van der Waals surface area contributed by atoms with E-state index in [2.05, 4.69) is 71.8 Å². The highest BCUT2D eigenvalue weighted by molar-refractivity contribution is 5.66. The third kappa shape index (κ3) is 2.13. The number of allylic oxidation sites excluding steroid dienone is 4. The molecular weight excluding hydrogens is 322 g/mol. The highest BCUT2D eigenvalue weighted by atomic mass is 16.5. The average molecular weight is 343 g/mol. The number of para-hydroxylation sites is 1. The van der Waals surface area contributed by atoms with E-state index in [-0.39, 0.29) is 5.41 Å². The van der Waals surface area contributed by atoms with Crippen LogP contribution in [0.15, 0.2) is 84.3 Å². The summed E-state index contributed by atoms with van der Waals surface area (Å²) in [6, 6.07) is 16.8. The summed E-state index contributed by atoms with van der Waals surface area (Å²) >= 11 is 0. The fourth-order valence-electron chi connectivity index (χ4n) is 4.37. The van der Waals surface area contributed by atoms with Gasteiger partial charge in [-0.05, 0) is 29.7 Å². The molecule has 5 rings (SSSR count). The Morgan fingerprint density at radius 3 is 2.85 bits per heavy atom. The smallest absolute Gasteiger partial charge is 0.173 e. The molecule has 0 N–H and O–H groups in total. The van der Waals surface area contributed by atoms with Gasteiger partial charge < -0.3 is 14.4 Å². The topological polar surface area (TPSA) is 21.7 Å². The lowest BCUT2D eigenvalue weighted by molar-refractivity contribution is 0.279. The van der Waals surface area contributed by atoms with Gasteiger partial charge in [-0.25, -0.2) is 0 Å².